The van der Waals surface area contributed by atoms with Crippen molar-refractivity contribution in [3.8, 4) is 0 Å². The molecule has 6 nitrogen and oxygen atoms in total. The van der Waals surface area contributed by atoms with Gasteiger partial charge in [0.15, 0.2) is 0 Å². The number of carbonyl (C=O) groups is 1. The minimum Gasteiger partial charge on any atom is -0.304 e. The molecule has 0 aliphatic rings. The van der Waals surface area contributed by atoms with E-state index >= 15 is 0 Å². The molecule has 0 unspecified atom stereocenters. The van der Waals surface area contributed by atoms with E-state index in [2.05, 4.69) is 0 Å². The van der Waals surface area contributed by atoms with E-state index in [9.17, 15) is 9.36 Å². The highest BCUT2D eigenvalue weighted by molar-refractivity contribution is 7.53. The zero-order chi connectivity index (χ0) is 24.1. The molecule has 0 saturated heterocycles. The molecule has 0 aliphatic heterocycles. The van der Waals surface area contributed by atoms with Gasteiger partial charge in [-0.3, -0.25) is 14.2 Å². The van der Waals surface area contributed by atoms with Crippen molar-refractivity contribution in [2.45, 2.75) is 39.1 Å². The van der Waals surface area contributed by atoms with Crippen LogP contribution < -0.4 is 0 Å². The number of unbranched alkanes of at least 4 members (excludes halogenated alkanes) is 1. The second-order valence-electron chi connectivity index (χ2n) is 7.96. The first kappa shape index (κ1) is 25.9. The van der Waals surface area contributed by atoms with Gasteiger partial charge in [0.25, 0.3) is 0 Å². The standard InChI is InChI=1S/C27H32NO5P/c1-28(31-21-24-13-5-2-6-14-24)27(29)19-11-12-20-34(30,32-22-25-15-7-3-8-16-25)33-23-26-17-9-4-10-18-26/h2-10,13-18H,11-12,19-23H2,1H3. The highest BCUT2D eigenvalue weighted by atomic mass is 31.2. The van der Waals surface area contributed by atoms with Gasteiger partial charge in [0, 0.05) is 13.5 Å². The van der Waals surface area contributed by atoms with Crippen molar-refractivity contribution >= 4 is 13.5 Å². The Morgan fingerprint density at radius 3 is 1.62 bits per heavy atom. The number of rotatable bonds is 14. The third-order valence-electron chi connectivity index (χ3n) is 5.23. The van der Waals surface area contributed by atoms with Gasteiger partial charge in [-0.1, -0.05) is 91.0 Å². The maximum Gasteiger partial charge on any atom is 0.331 e. The molecule has 0 aromatic heterocycles. The molecular formula is C27H32NO5P. The Balaban J connectivity index is 1.46. The van der Waals surface area contributed by atoms with Gasteiger partial charge in [0.1, 0.15) is 6.61 Å². The number of hydrogen-bond acceptors (Lipinski definition) is 5. The lowest BCUT2D eigenvalue weighted by atomic mass is 10.2. The van der Waals surface area contributed by atoms with Crippen LogP contribution >= 0.6 is 7.60 Å². The van der Waals surface area contributed by atoms with Gasteiger partial charge in [-0.25, -0.2) is 5.06 Å². The molecular weight excluding hydrogens is 449 g/mol. The molecule has 0 radical (unpaired) electrons. The fraction of sp³-hybridized carbons (Fsp3) is 0.296. The Kier molecular flexibility index (Phi) is 10.5. The lowest BCUT2D eigenvalue weighted by molar-refractivity contribution is -0.182. The van der Waals surface area contributed by atoms with Crippen LogP contribution in [0.4, 0.5) is 0 Å². The Morgan fingerprint density at radius 2 is 1.15 bits per heavy atom. The maximum atomic E-state index is 13.4. The van der Waals surface area contributed by atoms with Crippen molar-refractivity contribution in [1.29, 1.82) is 0 Å². The van der Waals surface area contributed by atoms with E-state index in [0.717, 1.165) is 16.7 Å². The van der Waals surface area contributed by atoms with Gasteiger partial charge in [-0.2, -0.15) is 0 Å². The number of benzene rings is 3. The summed E-state index contributed by atoms with van der Waals surface area (Å²) in [5, 5.41) is 1.27. The van der Waals surface area contributed by atoms with Gasteiger partial charge in [-0.15, -0.1) is 0 Å². The minimum atomic E-state index is -3.34. The molecule has 3 rings (SSSR count). The number of nitrogens with zero attached hydrogens (tertiary/aromatic N) is 1. The van der Waals surface area contributed by atoms with E-state index < -0.39 is 7.60 Å². The third kappa shape index (κ3) is 9.24. The Bertz CT molecular complexity index is 983. The zero-order valence-corrected chi connectivity index (χ0v) is 20.4. The molecule has 0 fully saturated rings. The van der Waals surface area contributed by atoms with Crippen molar-refractivity contribution in [2.24, 2.45) is 0 Å². The van der Waals surface area contributed by atoms with Crippen molar-refractivity contribution < 1.29 is 23.2 Å². The normalized spacial score (nSPS) is 11.3. The maximum absolute atomic E-state index is 13.4. The first-order valence-electron chi connectivity index (χ1n) is 11.4. The van der Waals surface area contributed by atoms with Crippen LogP contribution in [0.1, 0.15) is 36.0 Å². The van der Waals surface area contributed by atoms with E-state index in [-0.39, 0.29) is 25.3 Å². The number of hydrogen-bond donors (Lipinski definition) is 0. The Morgan fingerprint density at radius 1 is 0.706 bits per heavy atom. The predicted octanol–water partition coefficient (Wildman–Crippen LogP) is 6.37. The molecule has 1 amide bonds. The van der Waals surface area contributed by atoms with E-state index in [1.165, 1.54) is 5.06 Å². The van der Waals surface area contributed by atoms with Crippen LogP contribution in [0.15, 0.2) is 91.0 Å². The monoisotopic (exact) mass is 481 g/mol. The molecule has 0 heterocycles. The zero-order valence-electron chi connectivity index (χ0n) is 19.5. The van der Waals surface area contributed by atoms with E-state index in [0.29, 0.717) is 25.9 Å². The van der Waals surface area contributed by atoms with Crippen molar-refractivity contribution in [3.05, 3.63) is 108 Å². The quantitative estimate of drug-likeness (QED) is 0.152. The summed E-state index contributed by atoms with van der Waals surface area (Å²) in [6.07, 6.45) is 1.64. The molecule has 0 N–H and O–H groups in total. The van der Waals surface area contributed by atoms with Crippen LogP contribution in [0.3, 0.4) is 0 Å². The Hall–Kier alpha value is -2.76. The summed E-state index contributed by atoms with van der Waals surface area (Å²) < 4.78 is 25.0. The topological polar surface area (TPSA) is 65.1 Å². The lowest BCUT2D eigenvalue weighted by Gasteiger charge is -2.20. The molecule has 0 spiro atoms. The summed E-state index contributed by atoms with van der Waals surface area (Å²) in [5.41, 5.74) is 2.85. The SMILES string of the molecule is CN(OCc1ccccc1)C(=O)CCCCP(=O)(OCc1ccccc1)OCc1ccccc1. The molecule has 0 aliphatic carbocycles. The average Bonchev–Trinajstić information content (AvgIpc) is 2.89. The fourth-order valence-electron chi connectivity index (χ4n) is 3.22. The number of hydroxylamine groups is 2. The number of amides is 1. The lowest BCUT2D eigenvalue weighted by Crippen LogP contribution is -2.26. The second kappa shape index (κ2) is 13.8. The van der Waals surface area contributed by atoms with Gasteiger partial charge in [-0.05, 0) is 29.5 Å². The second-order valence-corrected chi connectivity index (χ2v) is 10.1. The Labute approximate surface area is 202 Å². The highest BCUT2D eigenvalue weighted by Gasteiger charge is 2.25. The first-order valence-corrected chi connectivity index (χ1v) is 13.2. The third-order valence-corrected chi connectivity index (χ3v) is 7.14. The van der Waals surface area contributed by atoms with Crippen molar-refractivity contribution in [1.82, 2.24) is 5.06 Å². The molecule has 0 saturated carbocycles. The summed E-state index contributed by atoms with van der Waals surface area (Å²) in [4.78, 5) is 17.9. The molecule has 180 valence electrons. The summed E-state index contributed by atoms with van der Waals surface area (Å²) in [6.45, 7) is 0.753. The van der Waals surface area contributed by atoms with Crippen LogP contribution in [-0.4, -0.2) is 24.2 Å². The molecule has 7 heteroatoms. The van der Waals surface area contributed by atoms with Gasteiger partial charge >= 0.3 is 7.60 Å². The van der Waals surface area contributed by atoms with Gasteiger partial charge in [0.2, 0.25) is 5.91 Å². The van der Waals surface area contributed by atoms with Crippen LogP contribution in [0.2, 0.25) is 0 Å². The summed E-state index contributed by atoms with van der Waals surface area (Å²) in [7, 11) is -1.73. The largest absolute Gasteiger partial charge is 0.331 e. The molecule has 3 aromatic rings. The molecule has 0 bridgehead atoms. The van der Waals surface area contributed by atoms with Crippen LogP contribution in [-0.2, 0) is 43.1 Å². The van der Waals surface area contributed by atoms with E-state index in [1.54, 1.807) is 7.05 Å². The van der Waals surface area contributed by atoms with Crippen molar-refractivity contribution in [2.75, 3.05) is 13.2 Å². The molecule has 34 heavy (non-hydrogen) atoms. The van der Waals surface area contributed by atoms with Crippen LogP contribution in [0.5, 0.6) is 0 Å². The highest BCUT2D eigenvalue weighted by Crippen LogP contribution is 2.50. The van der Waals surface area contributed by atoms with E-state index in [1.807, 2.05) is 91.0 Å². The fourth-order valence-corrected chi connectivity index (χ4v) is 4.85. The predicted molar refractivity (Wildman–Crippen MR) is 133 cm³/mol. The smallest absolute Gasteiger partial charge is 0.304 e. The molecule has 0 atom stereocenters. The van der Waals surface area contributed by atoms with Crippen LogP contribution in [0, 0.1) is 0 Å². The summed E-state index contributed by atoms with van der Waals surface area (Å²) in [6, 6.07) is 28.9. The van der Waals surface area contributed by atoms with Crippen LogP contribution in [0.25, 0.3) is 0 Å². The first-order chi connectivity index (χ1) is 16.5. The summed E-state index contributed by atoms with van der Waals surface area (Å²) in [5.74, 6) is -0.124. The number of carbonyl (C=O) groups excluding carboxylic acids is 1. The van der Waals surface area contributed by atoms with Crippen molar-refractivity contribution in [3.63, 3.8) is 0 Å². The average molecular weight is 482 g/mol. The molecule has 3 aromatic carbocycles. The minimum absolute atomic E-state index is 0.124. The van der Waals surface area contributed by atoms with Gasteiger partial charge in [0.05, 0.1) is 19.4 Å². The summed E-state index contributed by atoms with van der Waals surface area (Å²) >= 11 is 0. The van der Waals surface area contributed by atoms with E-state index in [4.69, 9.17) is 13.9 Å². The van der Waals surface area contributed by atoms with Gasteiger partial charge < -0.3 is 9.05 Å².